The van der Waals surface area contributed by atoms with E-state index >= 15 is 83.4 Å². The van der Waals surface area contributed by atoms with Crippen LogP contribution in [0.3, 0.4) is 0 Å². The fourth-order valence-electron chi connectivity index (χ4n) is 6.58. The van der Waals surface area contributed by atoms with Crippen LogP contribution in [0.4, 0.5) is 83.4 Å². The first-order chi connectivity index (χ1) is 38.1. The van der Waals surface area contributed by atoms with Crippen molar-refractivity contribution < 1.29 is 173 Å². The van der Waals surface area contributed by atoms with Gasteiger partial charge in [-0.15, -0.1) is 0 Å². The van der Waals surface area contributed by atoms with E-state index in [0.29, 0.717) is 0 Å². The molecule has 0 aromatic rings. The fourth-order valence-corrected chi connectivity index (χ4v) is 6.58. The van der Waals surface area contributed by atoms with Crippen molar-refractivity contribution in [2.45, 2.75) is 117 Å². The molecule has 9 unspecified atom stereocenters. The Morgan fingerprint density at radius 2 is 0.720 bits per heavy atom. The molecule has 38 heteroatoms. The highest BCUT2D eigenvalue weighted by Gasteiger charge is 2.75. The van der Waals surface area contributed by atoms with Gasteiger partial charge in [0, 0.05) is 0 Å². The van der Waals surface area contributed by atoms with Gasteiger partial charge in [-0.2, -0.15) is 52.7 Å². The third-order valence-corrected chi connectivity index (χ3v) is 11.8. The lowest BCUT2D eigenvalue weighted by molar-refractivity contribution is -0.486. The molecule has 9 atom stereocenters. The van der Waals surface area contributed by atoms with E-state index in [1.807, 2.05) is 0 Å². The highest BCUT2D eigenvalue weighted by atomic mass is 19.3. The van der Waals surface area contributed by atoms with E-state index in [4.69, 9.17) is 42.6 Å². The van der Waals surface area contributed by atoms with Crippen molar-refractivity contribution in [3.05, 3.63) is 0 Å². The summed E-state index contributed by atoms with van der Waals surface area (Å²) in [7, 11) is 0. The molecule has 0 saturated carbocycles. The zero-order valence-corrected chi connectivity index (χ0v) is 42.9. The second-order valence-electron chi connectivity index (χ2n) is 19.6. The molecule has 6 aliphatic rings. The number of halogens is 19. The van der Waals surface area contributed by atoms with E-state index in [-0.39, 0.29) is 39.6 Å². The molecule has 6 saturated heterocycles. The summed E-state index contributed by atoms with van der Waals surface area (Å²) in [6.45, 7) is -30.7. The first kappa shape index (κ1) is 69.0. The SMILES string of the molecule is FC(OC(F)(F)CCOCC1CO1)C(COCC(F)(F)COCC1CO1)(COC(F)(F)C(COCC(F)(F)COCC1CO1)(COCC(F)(F)COC1CO1)C(F)(F)OC(F)(F)CCOC1CO1)C(F)(F)OC(F)(F)CCOCC1CO1. The van der Waals surface area contributed by atoms with Crippen LogP contribution in [0, 0.1) is 10.8 Å². The normalized spacial score (nSPS) is 25.2. The van der Waals surface area contributed by atoms with E-state index in [9.17, 15) is 0 Å². The highest BCUT2D eigenvalue weighted by molar-refractivity contribution is 4.99. The maximum absolute atomic E-state index is 17.4. The van der Waals surface area contributed by atoms with Crippen molar-refractivity contribution in [2.75, 3.05) is 152 Å². The summed E-state index contributed by atoms with van der Waals surface area (Å²) in [4.78, 5) is 0. The molecule has 0 N–H and O–H groups in total. The Morgan fingerprint density at radius 1 is 0.354 bits per heavy atom. The van der Waals surface area contributed by atoms with Crippen LogP contribution in [-0.2, 0) is 90.0 Å². The second kappa shape index (κ2) is 28.4. The summed E-state index contributed by atoms with van der Waals surface area (Å²) in [5, 5.41) is 0. The van der Waals surface area contributed by atoms with E-state index < -0.39 is 240 Å². The molecule has 0 aromatic carbocycles. The van der Waals surface area contributed by atoms with Crippen molar-refractivity contribution in [1.82, 2.24) is 0 Å². The smallest absolute Gasteiger partial charge is 0.378 e. The van der Waals surface area contributed by atoms with Gasteiger partial charge in [0.05, 0.1) is 118 Å². The van der Waals surface area contributed by atoms with Gasteiger partial charge < -0.3 is 75.8 Å². The minimum absolute atomic E-state index is 0.0278. The predicted molar refractivity (Wildman–Crippen MR) is 223 cm³/mol. The molecule has 0 aromatic heterocycles. The number of ether oxygens (including phenoxy) is 19. The molecular formula is C44H59F19O19. The first-order valence-electron chi connectivity index (χ1n) is 24.8. The molecular weight excluding hydrogens is 1190 g/mol. The first-order valence-corrected chi connectivity index (χ1v) is 24.8. The number of hydrogen-bond acceptors (Lipinski definition) is 19. The minimum Gasteiger partial charge on any atom is -0.378 e. The largest absolute Gasteiger partial charge is 0.378 e. The standard InChI is InChI=1S/C44H59F19O19/c45-33(80-39(52,53)1-4-64-7-27-11-72-27)34(17-68-23-36(46,47)21-66-9-29-13-74-29,42(58,59)81-40(54,55)2-5-65-8-28-12-73-28)18-79-43(60,61)35(20-70-25-38(50,51)26-78-32-16-77-32,19-69-24-37(48,49)22-67-10-30-14-75-30)44(62,63)82-41(56,57)3-6-71-31-15-76-31/h27-33H,1-26H2. The lowest BCUT2D eigenvalue weighted by Gasteiger charge is -2.47. The molecule has 0 bridgehead atoms. The minimum atomic E-state index is -6.68. The lowest BCUT2D eigenvalue weighted by atomic mass is 9.84. The van der Waals surface area contributed by atoms with Gasteiger partial charge in [0.25, 0.3) is 17.8 Å². The summed E-state index contributed by atoms with van der Waals surface area (Å²) in [5.74, 6) is -13.4. The lowest BCUT2D eigenvalue weighted by Crippen LogP contribution is -2.65. The molecule has 0 aliphatic carbocycles. The number of rotatable bonds is 50. The van der Waals surface area contributed by atoms with Gasteiger partial charge >= 0.3 is 36.7 Å². The number of hydrogen-bond donors (Lipinski definition) is 0. The molecule has 0 amide bonds. The summed E-state index contributed by atoms with van der Waals surface area (Å²) in [6, 6.07) is 0. The Morgan fingerprint density at radius 3 is 1.16 bits per heavy atom. The average molecular weight is 1250 g/mol. The predicted octanol–water partition coefficient (Wildman–Crippen LogP) is 6.41. The average Bonchev–Trinajstić information content (AvgIpc) is 3.31. The van der Waals surface area contributed by atoms with Crippen LogP contribution in [0.25, 0.3) is 0 Å². The van der Waals surface area contributed by atoms with Crippen molar-refractivity contribution in [3.63, 3.8) is 0 Å². The molecule has 6 fully saturated rings. The fraction of sp³-hybridized carbons (Fsp3) is 1.00. The zero-order chi connectivity index (χ0) is 60.4. The van der Waals surface area contributed by atoms with Gasteiger partial charge in [-0.05, 0) is 0 Å². The topological polar surface area (TPSA) is 195 Å². The van der Waals surface area contributed by atoms with Gasteiger partial charge in [-0.3, -0.25) is 14.2 Å². The van der Waals surface area contributed by atoms with Crippen molar-refractivity contribution in [1.29, 1.82) is 0 Å². The van der Waals surface area contributed by atoms with E-state index in [2.05, 4.69) is 47.4 Å². The molecule has 19 nitrogen and oxygen atoms in total. The summed E-state index contributed by atoms with van der Waals surface area (Å²) >= 11 is 0. The van der Waals surface area contributed by atoms with Crippen LogP contribution in [0.2, 0.25) is 0 Å². The Kier molecular flexibility index (Phi) is 23.9. The summed E-state index contributed by atoms with van der Waals surface area (Å²) < 4.78 is 388. The van der Waals surface area contributed by atoms with E-state index in [1.165, 1.54) is 0 Å². The van der Waals surface area contributed by atoms with Crippen molar-refractivity contribution in [2.24, 2.45) is 10.8 Å². The Bertz CT molecular complexity index is 1920. The number of epoxide rings is 6. The van der Waals surface area contributed by atoms with Crippen LogP contribution in [0.5, 0.6) is 0 Å². The highest BCUT2D eigenvalue weighted by Crippen LogP contribution is 2.56. The van der Waals surface area contributed by atoms with Crippen LogP contribution < -0.4 is 0 Å². The summed E-state index contributed by atoms with van der Waals surface area (Å²) in [5.41, 5.74) is -11.0. The molecule has 82 heavy (non-hydrogen) atoms. The van der Waals surface area contributed by atoms with E-state index in [0.717, 1.165) is 0 Å². The molecule has 6 heterocycles. The van der Waals surface area contributed by atoms with Crippen LogP contribution >= 0.6 is 0 Å². The third kappa shape index (κ3) is 23.5. The monoisotopic (exact) mass is 1250 g/mol. The van der Waals surface area contributed by atoms with Crippen LogP contribution in [0.1, 0.15) is 19.3 Å². The number of alkyl halides is 19. The Hall–Kier alpha value is -2.09. The maximum Gasteiger partial charge on any atom is 0.378 e. The molecule has 482 valence electrons. The van der Waals surface area contributed by atoms with Crippen LogP contribution in [-0.4, -0.2) is 250 Å². The molecule has 6 rings (SSSR count). The Labute approximate surface area is 453 Å². The molecule has 6 aliphatic heterocycles. The van der Waals surface area contributed by atoms with Gasteiger partial charge in [0.15, 0.2) is 23.4 Å². The third-order valence-electron chi connectivity index (χ3n) is 11.8. The maximum atomic E-state index is 17.4. The van der Waals surface area contributed by atoms with Crippen molar-refractivity contribution >= 4 is 0 Å². The Balaban J connectivity index is 1.39. The van der Waals surface area contributed by atoms with Gasteiger partial charge in [-0.1, -0.05) is 0 Å². The zero-order valence-electron chi connectivity index (χ0n) is 42.9. The second-order valence-corrected chi connectivity index (χ2v) is 19.6. The molecule has 0 radical (unpaired) electrons. The van der Waals surface area contributed by atoms with Crippen molar-refractivity contribution in [3.8, 4) is 0 Å². The van der Waals surface area contributed by atoms with E-state index in [1.54, 1.807) is 0 Å². The van der Waals surface area contributed by atoms with Crippen LogP contribution in [0.15, 0.2) is 0 Å². The van der Waals surface area contributed by atoms with Gasteiger partial charge in [0.1, 0.15) is 77.3 Å². The quantitative estimate of drug-likeness (QED) is 0.0368. The molecule has 0 spiro atoms. The summed E-state index contributed by atoms with van der Waals surface area (Å²) in [6.07, 6.45) is -52.0. The van der Waals surface area contributed by atoms with Gasteiger partial charge in [-0.25, -0.2) is 30.7 Å². The van der Waals surface area contributed by atoms with Gasteiger partial charge in [0.2, 0.25) is 6.36 Å².